The van der Waals surface area contributed by atoms with Crippen LogP contribution >= 0.6 is 0 Å². The monoisotopic (exact) mass is 277 g/mol. The lowest BCUT2D eigenvalue weighted by Gasteiger charge is -2.23. The summed E-state index contributed by atoms with van der Waals surface area (Å²) in [6.07, 6.45) is 1.90. The van der Waals surface area contributed by atoms with Gasteiger partial charge in [-0.3, -0.25) is 9.59 Å². The van der Waals surface area contributed by atoms with Gasteiger partial charge >= 0.3 is 5.97 Å². The summed E-state index contributed by atoms with van der Waals surface area (Å²) in [6, 6.07) is 9.43. The highest BCUT2D eigenvalue weighted by molar-refractivity contribution is 5.93. The Morgan fingerprint density at radius 1 is 1.15 bits per heavy atom. The second-order valence-corrected chi connectivity index (χ2v) is 5.31. The minimum Gasteiger partial charge on any atom is -0.481 e. The first-order valence-corrected chi connectivity index (χ1v) is 7.08. The van der Waals surface area contributed by atoms with Crippen molar-refractivity contribution in [2.45, 2.75) is 39.5 Å². The summed E-state index contributed by atoms with van der Waals surface area (Å²) in [7, 11) is 0. The third-order valence-corrected chi connectivity index (χ3v) is 3.08. The van der Waals surface area contributed by atoms with Crippen LogP contribution in [0, 0.1) is 5.92 Å². The Hall–Kier alpha value is -1.84. The van der Waals surface area contributed by atoms with Gasteiger partial charge in [-0.15, -0.1) is 0 Å². The summed E-state index contributed by atoms with van der Waals surface area (Å²) in [5.41, 5.74) is 0.839. The van der Waals surface area contributed by atoms with Gasteiger partial charge in [-0.05, 0) is 30.9 Å². The molecule has 1 rings (SSSR count). The first-order valence-electron chi connectivity index (χ1n) is 7.08. The molecule has 1 aromatic carbocycles. The lowest BCUT2D eigenvalue weighted by atomic mass is 10.1. The van der Waals surface area contributed by atoms with E-state index in [0.29, 0.717) is 25.3 Å². The number of hydrogen-bond donors (Lipinski definition) is 1. The van der Waals surface area contributed by atoms with E-state index in [9.17, 15) is 9.59 Å². The number of benzene rings is 1. The van der Waals surface area contributed by atoms with Gasteiger partial charge in [0.25, 0.3) is 0 Å². The van der Waals surface area contributed by atoms with E-state index in [1.54, 1.807) is 4.90 Å². The molecule has 0 radical (unpaired) electrons. The van der Waals surface area contributed by atoms with E-state index >= 15 is 0 Å². The SMILES string of the molecule is CC(C)CCC(=O)N(CCCC(=O)O)c1ccccc1. The molecule has 0 aromatic heterocycles. The molecule has 1 amide bonds. The lowest BCUT2D eigenvalue weighted by molar-refractivity contribution is -0.137. The molecule has 0 heterocycles. The second-order valence-electron chi connectivity index (χ2n) is 5.31. The fraction of sp³-hybridized carbons (Fsp3) is 0.500. The summed E-state index contributed by atoms with van der Waals surface area (Å²) in [6.45, 7) is 4.63. The van der Waals surface area contributed by atoms with Crippen LogP contribution in [0.2, 0.25) is 0 Å². The maximum absolute atomic E-state index is 12.3. The average Bonchev–Trinajstić information content (AvgIpc) is 2.41. The van der Waals surface area contributed by atoms with E-state index in [-0.39, 0.29) is 12.3 Å². The Labute approximate surface area is 120 Å². The van der Waals surface area contributed by atoms with Gasteiger partial charge in [-0.2, -0.15) is 0 Å². The first-order chi connectivity index (χ1) is 9.50. The van der Waals surface area contributed by atoms with Gasteiger partial charge in [0.05, 0.1) is 0 Å². The van der Waals surface area contributed by atoms with Crippen LogP contribution in [0.3, 0.4) is 0 Å². The van der Waals surface area contributed by atoms with E-state index in [0.717, 1.165) is 12.1 Å². The summed E-state index contributed by atoms with van der Waals surface area (Å²) >= 11 is 0. The molecule has 0 atom stereocenters. The molecule has 0 bridgehead atoms. The molecule has 1 aromatic rings. The molecule has 0 aliphatic carbocycles. The number of hydrogen-bond acceptors (Lipinski definition) is 2. The molecule has 0 spiro atoms. The van der Waals surface area contributed by atoms with Gasteiger partial charge in [-0.1, -0.05) is 32.0 Å². The van der Waals surface area contributed by atoms with Crippen LogP contribution in [0.15, 0.2) is 30.3 Å². The molecular weight excluding hydrogens is 254 g/mol. The number of para-hydroxylation sites is 1. The highest BCUT2D eigenvalue weighted by Gasteiger charge is 2.15. The predicted molar refractivity (Wildman–Crippen MR) is 79.7 cm³/mol. The largest absolute Gasteiger partial charge is 0.481 e. The molecular formula is C16H23NO3. The number of carbonyl (C=O) groups is 2. The number of amides is 1. The molecule has 20 heavy (non-hydrogen) atoms. The number of carboxylic acid groups (broad SMARTS) is 1. The summed E-state index contributed by atoms with van der Waals surface area (Å²) in [4.78, 5) is 24.6. The minimum atomic E-state index is -0.826. The molecule has 0 unspecified atom stereocenters. The van der Waals surface area contributed by atoms with Gasteiger partial charge in [0, 0.05) is 25.1 Å². The van der Waals surface area contributed by atoms with Crippen molar-refractivity contribution in [3.05, 3.63) is 30.3 Å². The molecule has 4 heteroatoms. The molecule has 0 saturated heterocycles. The maximum atomic E-state index is 12.3. The molecule has 1 N–H and O–H groups in total. The minimum absolute atomic E-state index is 0.0651. The summed E-state index contributed by atoms with van der Waals surface area (Å²) in [5.74, 6) is -0.279. The number of nitrogens with zero attached hydrogens (tertiary/aromatic N) is 1. The second kappa shape index (κ2) is 8.35. The highest BCUT2D eigenvalue weighted by Crippen LogP contribution is 2.17. The van der Waals surface area contributed by atoms with E-state index < -0.39 is 5.97 Å². The van der Waals surface area contributed by atoms with Crippen molar-refractivity contribution in [2.24, 2.45) is 5.92 Å². The number of anilines is 1. The Bertz CT molecular complexity index is 429. The van der Waals surface area contributed by atoms with Gasteiger partial charge in [0.15, 0.2) is 0 Å². The van der Waals surface area contributed by atoms with E-state index in [4.69, 9.17) is 5.11 Å². The van der Waals surface area contributed by atoms with Gasteiger partial charge < -0.3 is 10.0 Å². The third-order valence-electron chi connectivity index (χ3n) is 3.08. The van der Waals surface area contributed by atoms with Gasteiger partial charge in [0.2, 0.25) is 5.91 Å². The fourth-order valence-corrected chi connectivity index (χ4v) is 1.94. The van der Waals surface area contributed by atoms with Crippen LogP contribution in [0.25, 0.3) is 0 Å². The van der Waals surface area contributed by atoms with Crippen molar-refractivity contribution in [1.82, 2.24) is 0 Å². The zero-order valence-electron chi connectivity index (χ0n) is 12.2. The Kier molecular flexibility index (Phi) is 6.77. The van der Waals surface area contributed by atoms with E-state index in [1.807, 2.05) is 30.3 Å². The lowest BCUT2D eigenvalue weighted by Crippen LogP contribution is -2.32. The van der Waals surface area contributed by atoms with Gasteiger partial charge in [-0.25, -0.2) is 0 Å². The number of carbonyl (C=O) groups excluding carboxylic acids is 1. The smallest absolute Gasteiger partial charge is 0.303 e. The van der Waals surface area contributed by atoms with Crippen LogP contribution in [0.1, 0.15) is 39.5 Å². The Balaban J connectivity index is 2.68. The third kappa shape index (κ3) is 5.87. The van der Waals surface area contributed by atoms with Crippen molar-refractivity contribution < 1.29 is 14.7 Å². The van der Waals surface area contributed by atoms with E-state index in [2.05, 4.69) is 13.8 Å². The van der Waals surface area contributed by atoms with Crippen molar-refractivity contribution >= 4 is 17.6 Å². The van der Waals surface area contributed by atoms with Gasteiger partial charge in [0.1, 0.15) is 0 Å². The van der Waals surface area contributed by atoms with Crippen molar-refractivity contribution in [1.29, 1.82) is 0 Å². The normalized spacial score (nSPS) is 10.6. The quantitative estimate of drug-likeness (QED) is 0.793. The Morgan fingerprint density at radius 2 is 1.80 bits per heavy atom. The molecule has 4 nitrogen and oxygen atoms in total. The molecule has 0 aliphatic rings. The van der Waals surface area contributed by atoms with Crippen LogP contribution in [0.5, 0.6) is 0 Å². The topological polar surface area (TPSA) is 57.6 Å². The van der Waals surface area contributed by atoms with Crippen LogP contribution in [0.4, 0.5) is 5.69 Å². The highest BCUT2D eigenvalue weighted by atomic mass is 16.4. The molecule has 0 saturated carbocycles. The standard InChI is InChI=1S/C16H23NO3/c1-13(2)10-11-15(18)17(12-6-9-16(19)20)14-7-4-3-5-8-14/h3-5,7-8,13H,6,9-12H2,1-2H3,(H,19,20). The summed E-state index contributed by atoms with van der Waals surface area (Å²) < 4.78 is 0. The van der Waals surface area contributed by atoms with Crippen LogP contribution in [-0.2, 0) is 9.59 Å². The van der Waals surface area contributed by atoms with Crippen molar-refractivity contribution in [3.8, 4) is 0 Å². The predicted octanol–water partition coefficient (Wildman–Crippen LogP) is 3.32. The molecule has 0 aliphatic heterocycles. The van der Waals surface area contributed by atoms with E-state index in [1.165, 1.54) is 0 Å². The zero-order chi connectivity index (χ0) is 15.0. The first kappa shape index (κ1) is 16.2. The molecule has 110 valence electrons. The number of aliphatic carboxylic acids is 1. The maximum Gasteiger partial charge on any atom is 0.303 e. The van der Waals surface area contributed by atoms with Crippen LogP contribution in [-0.4, -0.2) is 23.5 Å². The van der Waals surface area contributed by atoms with Crippen molar-refractivity contribution in [3.63, 3.8) is 0 Å². The number of rotatable bonds is 8. The average molecular weight is 277 g/mol. The number of carboxylic acids is 1. The fourth-order valence-electron chi connectivity index (χ4n) is 1.94. The summed E-state index contributed by atoms with van der Waals surface area (Å²) in [5, 5.41) is 8.71. The Morgan fingerprint density at radius 3 is 2.35 bits per heavy atom. The molecule has 0 fully saturated rings. The zero-order valence-corrected chi connectivity index (χ0v) is 12.2. The van der Waals surface area contributed by atoms with Crippen LogP contribution < -0.4 is 4.90 Å². The van der Waals surface area contributed by atoms with Crippen molar-refractivity contribution in [2.75, 3.05) is 11.4 Å².